The minimum Gasteiger partial charge on any atom is -0.444 e. The number of ether oxygens (including phenoxy) is 1. The first-order chi connectivity index (χ1) is 7.87. The maximum atomic E-state index is 11.4. The van der Waals surface area contributed by atoms with Gasteiger partial charge >= 0.3 is 6.09 Å². The molecule has 0 heterocycles. The number of carbonyl (C=O) groups is 1. The first kappa shape index (κ1) is 13.6. The molecule has 92 valence electrons. The Morgan fingerprint density at radius 3 is 2.41 bits per heavy atom. The van der Waals surface area contributed by atoms with Gasteiger partial charge in [-0.15, -0.1) is 0 Å². The lowest BCUT2D eigenvalue weighted by atomic mass is 9.95. The largest absolute Gasteiger partial charge is 0.444 e. The third kappa shape index (κ3) is 6.00. The molecule has 3 nitrogen and oxygen atoms in total. The summed E-state index contributed by atoms with van der Waals surface area (Å²) >= 11 is 0. The molecule has 1 aromatic carbocycles. The molecule has 0 radical (unpaired) electrons. The van der Waals surface area contributed by atoms with Crippen LogP contribution in [-0.2, 0) is 11.2 Å². The topological polar surface area (TPSA) is 38.3 Å². The summed E-state index contributed by atoms with van der Waals surface area (Å²) in [5.41, 5.74) is 2.02. The molecule has 0 fully saturated rings. The Bertz CT molecular complexity index is 368. The van der Waals surface area contributed by atoms with E-state index in [0.717, 1.165) is 6.42 Å². The molecule has 17 heavy (non-hydrogen) atoms. The summed E-state index contributed by atoms with van der Waals surface area (Å²) in [6, 6.07) is 8.30. The highest BCUT2D eigenvalue weighted by Crippen LogP contribution is 2.06. The van der Waals surface area contributed by atoms with Gasteiger partial charge in [-0.2, -0.15) is 0 Å². The van der Waals surface area contributed by atoms with Gasteiger partial charge in [0.05, 0.1) is 0 Å². The summed E-state index contributed by atoms with van der Waals surface area (Å²) in [6.45, 7) is 6.16. The van der Waals surface area contributed by atoms with E-state index in [1.807, 2.05) is 20.8 Å². The van der Waals surface area contributed by atoms with Crippen LogP contribution in [0.5, 0.6) is 0 Å². The molecule has 1 N–H and O–H groups in total. The van der Waals surface area contributed by atoms with Gasteiger partial charge in [-0.1, -0.05) is 29.7 Å². The van der Waals surface area contributed by atoms with Crippen LogP contribution in [0.4, 0.5) is 4.79 Å². The zero-order valence-corrected chi connectivity index (χ0v) is 11.0. The molecule has 0 saturated heterocycles. The Labute approximate surface area is 104 Å². The standard InChI is InChI=1S/C13H20BNO2/c1-13(2,3)17-12(16)15-9-8-10-4-6-11(14)7-5-10/h4-7H,8-9,14H2,1-3H3,(H,15,16). The van der Waals surface area contributed by atoms with E-state index >= 15 is 0 Å². The van der Waals surface area contributed by atoms with Crippen LogP contribution < -0.4 is 10.8 Å². The van der Waals surface area contributed by atoms with E-state index in [9.17, 15) is 4.79 Å². The van der Waals surface area contributed by atoms with Crippen molar-refractivity contribution >= 4 is 19.4 Å². The SMILES string of the molecule is Bc1ccc(CCNC(=O)OC(C)(C)C)cc1. The van der Waals surface area contributed by atoms with Gasteiger partial charge in [0.2, 0.25) is 0 Å². The number of nitrogens with one attached hydrogen (secondary N) is 1. The van der Waals surface area contributed by atoms with E-state index < -0.39 is 5.60 Å². The van der Waals surface area contributed by atoms with E-state index in [1.54, 1.807) is 0 Å². The molecule has 0 aliphatic rings. The number of carbonyl (C=O) groups excluding carboxylic acids is 1. The molecule has 4 heteroatoms. The van der Waals surface area contributed by atoms with Crippen molar-refractivity contribution in [3.63, 3.8) is 0 Å². The molecule has 1 rings (SSSR count). The molecule has 0 bridgehead atoms. The second-order valence-electron chi connectivity index (χ2n) is 5.16. The number of benzene rings is 1. The monoisotopic (exact) mass is 233 g/mol. The van der Waals surface area contributed by atoms with Gasteiger partial charge in [-0.05, 0) is 32.8 Å². The number of amides is 1. The smallest absolute Gasteiger partial charge is 0.407 e. The van der Waals surface area contributed by atoms with Crippen molar-refractivity contribution in [2.24, 2.45) is 0 Å². The van der Waals surface area contributed by atoms with E-state index in [0.29, 0.717) is 6.54 Å². The van der Waals surface area contributed by atoms with E-state index in [2.05, 4.69) is 37.4 Å². The highest BCUT2D eigenvalue weighted by molar-refractivity contribution is 6.32. The summed E-state index contributed by atoms with van der Waals surface area (Å²) in [4.78, 5) is 11.4. The Morgan fingerprint density at radius 2 is 1.88 bits per heavy atom. The third-order valence-corrected chi connectivity index (χ3v) is 2.20. The summed E-state index contributed by atoms with van der Waals surface area (Å²) in [5, 5.41) is 2.74. The minimum absolute atomic E-state index is 0.357. The lowest BCUT2D eigenvalue weighted by Crippen LogP contribution is -2.33. The molecule has 0 aromatic heterocycles. The van der Waals surface area contributed by atoms with Crippen LogP contribution in [0.2, 0.25) is 0 Å². The fourth-order valence-corrected chi connectivity index (χ4v) is 1.38. The zero-order valence-electron chi connectivity index (χ0n) is 11.0. The fraction of sp³-hybridized carbons (Fsp3) is 0.462. The Balaban J connectivity index is 2.28. The highest BCUT2D eigenvalue weighted by Gasteiger charge is 2.15. The summed E-state index contributed by atoms with van der Waals surface area (Å²) in [7, 11) is 2.06. The van der Waals surface area contributed by atoms with Gasteiger partial charge in [-0.3, -0.25) is 0 Å². The molecule has 1 amide bonds. The Hall–Kier alpha value is -1.45. The normalized spacial score (nSPS) is 11.0. The molecule has 0 saturated carbocycles. The van der Waals surface area contributed by atoms with Crippen LogP contribution in [-0.4, -0.2) is 26.1 Å². The number of hydrogen-bond acceptors (Lipinski definition) is 2. The molecular formula is C13H20BNO2. The third-order valence-electron chi connectivity index (χ3n) is 2.20. The Morgan fingerprint density at radius 1 is 1.29 bits per heavy atom. The van der Waals surface area contributed by atoms with Crippen LogP contribution in [0.15, 0.2) is 24.3 Å². The van der Waals surface area contributed by atoms with Crippen LogP contribution in [0.25, 0.3) is 0 Å². The highest BCUT2D eigenvalue weighted by atomic mass is 16.6. The lowest BCUT2D eigenvalue weighted by molar-refractivity contribution is 0.0528. The van der Waals surface area contributed by atoms with Gasteiger partial charge in [0.1, 0.15) is 13.4 Å². The average Bonchev–Trinajstić information content (AvgIpc) is 2.18. The van der Waals surface area contributed by atoms with Crippen LogP contribution in [0.1, 0.15) is 26.3 Å². The van der Waals surface area contributed by atoms with Gasteiger partial charge in [0.15, 0.2) is 0 Å². The number of hydrogen-bond donors (Lipinski definition) is 1. The van der Waals surface area contributed by atoms with Crippen molar-refractivity contribution in [2.75, 3.05) is 6.54 Å². The second-order valence-corrected chi connectivity index (χ2v) is 5.16. The van der Waals surface area contributed by atoms with Crippen molar-refractivity contribution in [3.8, 4) is 0 Å². The molecule has 0 atom stereocenters. The first-order valence-electron chi connectivity index (χ1n) is 5.89. The maximum absolute atomic E-state index is 11.4. The minimum atomic E-state index is -0.437. The number of rotatable bonds is 3. The molecule has 1 aromatic rings. The molecule has 0 aliphatic heterocycles. The first-order valence-corrected chi connectivity index (χ1v) is 5.89. The average molecular weight is 233 g/mol. The van der Waals surface area contributed by atoms with Crippen molar-refractivity contribution in [1.82, 2.24) is 5.32 Å². The van der Waals surface area contributed by atoms with Crippen molar-refractivity contribution in [3.05, 3.63) is 29.8 Å². The van der Waals surface area contributed by atoms with Gasteiger partial charge in [-0.25, -0.2) is 4.79 Å². The predicted molar refractivity (Wildman–Crippen MR) is 72.6 cm³/mol. The molecule has 0 unspecified atom stereocenters. The predicted octanol–water partition coefficient (Wildman–Crippen LogP) is 1.01. The van der Waals surface area contributed by atoms with E-state index in [1.165, 1.54) is 11.0 Å². The van der Waals surface area contributed by atoms with E-state index in [4.69, 9.17) is 4.74 Å². The fourth-order valence-electron chi connectivity index (χ4n) is 1.38. The molecule has 0 aliphatic carbocycles. The lowest BCUT2D eigenvalue weighted by Gasteiger charge is -2.19. The number of alkyl carbamates (subject to hydrolysis) is 1. The Kier molecular flexibility index (Phi) is 4.61. The summed E-state index contributed by atoms with van der Waals surface area (Å²) in [6.07, 6.45) is 0.462. The van der Waals surface area contributed by atoms with Gasteiger partial charge in [0.25, 0.3) is 0 Å². The zero-order chi connectivity index (χ0) is 12.9. The maximum Gasteiger partial charge on any atom is 0.407 e. The second kappa shape index (κ2) is 5.76. The van der Waals surface area contributed by atoms with Gasteiger partial charge in [0, 0.05) is 6.54 Å². The van der Waals surface area contributed by atoms with Crippen LogP contribution in [0, 0.1) is 0 Å². The summed E-state index contributed by atoms with van der Waals surface area (Å²) in [5.74, 6) is 0. The van der Waals surface area contributed by atoms with E-state index in [-0.39, 0.29) is 6.09 Å². The van der Waals surface area contributed by atoms with Crippen LogP contribution >= 0.6 is 0 Å². The van der Waals surface area contributed by atoms with Crippen molar-refractivity contribution in [2.45, 2.75) is 32.8 Å². The molecule has 0 spiro atoms. The quantitative estimate of drug-likeness (QED) is 0.791. The molecular weight excluding hydrogens is 213 g/mol. The van der Waals surface area contributed by atoms with Gasteiger partial charge < -0.3 is 10.1 Å². The van der Waals surface area contributed by atoms with Crippen molar-refractivity contribution < 1.29 is 9.53 Å². The van der Waals surface area contributed by atoms with Crippen molar-refractivity contribution in [1.29, 1.82) is 0 Å². The van der Waals surface area contributed by atoms with Crippen LogP contribution in [0.3, 0.4) is 0 Å². The summed E-state index contributed by atoms with van der Waals surface area (Å²) < 4.78 is 5.14.